The van der Waals surface area contributed by atoms with E-state index in [0.29, 0.717) is 12.1 Å². The Morgan fingerprint density at radius 1 is 1.20 bits per heavy atom. The predicted octanol–water partition coefficient (Wildman–Crippen LogP) is 4.36. The molecule has 1 aliphatic heterocycles. The molecule has 1 aliphatic rings. The van der Waals surface area contributed by atoms with E-state index in [1.165, 1.54) is 44.5 Å². The average molecular weight is 339 g/mol. The number of benzene rings is 1. The monoisotopic (exact) mass is 338 g/mol. The minimum atomic E-state index is 0.492. The second-order valence-corrected chi connectivity index (χ2v) is 6.71. The van der Waals surface area contributed by atoms with E-state index in [-0.39, 0.29) is 0 Å². The molecule has 0 saturated carbocycles. The van der Waals surface area contributed by atoms with Crippen LogP contribution in [0.2, 0.25) is 0 Å². The van der Waals surface area contributed by atoms with E-state index in [1.807, 2.05) is 0 Å². The van der Waals surface area contributed by atoms with Crippen LogP contribution in [0.15, 0.2) is 28.7 Å². The quantitative estimate of drug-likeness (QED) is 0.828. The van der Waals surface area contributed by atoms with E-state index in [1.54, 1.807) is 0 Å². The molecule has 0 amide bonds. The highest BCUT2D eigenvalue weighted by Gasteiger charge is 2.21. The molecule has 112 valence electrons. The van der Waals surface area contributed by atoms with Gasteiger partial charge in [-0.05, 0) is 63.0 Å². The maximum absolute atomic E-state index is 3.86. The van der Waals surface area contributed by atoms with Crippen LogP contribution in [0, 0.1) is 0 Å². The van der Waals surface area contributed by atoms with Gasteiger partial charge < -0.3 is 10.2 Å². The largest absolute Gasteiger partial charge is 0.307 e. The molecule has 1 unspecified atom stereocenters. The molecule has 20 heavy (non-hydrogen) atoms. The summed E-state index contributed by atoms with van der Waals surface area (Å²) in [6.45, 7) is 8.30. The maximum Gasteiger partial charge on any atom is 0.0320 e. The highest BCUT2D eigenvalue weighted by molar-refractivity contribution is 9.10. The van der Waals surface area contributed by atoms with Crippen LogP contribution < -0.4 is 5.32 Å². The van der Waals surface area contributed by atoms with Gasteiger partial charge in [-0.15, -0.1) is 0 Å². The van der Waals surface area contributed by atoms with Crippen molar-refractivity contribution < 1.29 is 0 Å². The molecule has 0 spiro atoms. The summed E-state index contributed by atoms with van der Waals surface area (Å²) in [5, 5.41) is 3.86. The lowest BCUT2D eigenvalue weighted by atomic mass is 9.99. The van der Waals surface area contributed by atoms with E-state index in [4.69, 9.17) is 0 Å². The van der Waals surface area contributed by atoms with Gasteiger partial charge in [0.1, 0.15) is 0 Å². The van der Waals surface area contributed by atoms with Crippen LogP contribution in [0.4, 0.5) is 0 Å². The number of hydrogen-bond donors (Lipinski definition) is 1. The third-order valence-corrected chi connectivity index (χ3v) is 4.77. The molecule has 1 fully saturated rings. The van der Waals surface area contributed by atoms with E-state index in [9.17, 15) is 0 Å². The van der Waals surface area contributed by atoms with Gasteiger partial charge in [-0.2, -0.15) is 0 Å². The number of piperidine rings is 1. The van der Waals surface area contributed by atoms with E-state index >= 15 is 0 Å². The van der Waals surface area contributed by atoms with Crippen molar-refractivity contribution in [1.29, 1.82) is 0 Å². The zero-order chi connectivity index (χ0) is 14.4. The first kappa shape index (κ1) is 16.0. The Morgan fingerprint density at radius 3 is 2.40 bits per heavy atom. The van der Waals surface area contributed by atoms with Crippen molar-refractivity contribution in [1.82, 2.24) is 10.2 Å². The average Bonchev–Trinajstić information content (AvgIpc) is 2.48. The highest BCUT2D eigenvalue weighted by Crippen LogP contribution is 2.22. The Bertz CT molecular complexity index is 382. The van der Waals surface area contributed by atoms with Crippen LogP contribution in [0.25, 0.3) is 0 Å². The molecular weight excluding hydrogens is 312 g/mol. The Balaban J connectivity index is 1.86. The summed E-state index contributed by atoms with van der Waals surface area (Å²) in [7, 11) is 0. The van der Waals surface area contributed by atoms with Gasteiger partial charge in [0.2, 0.25) is 0 Å². The third-order valence-electron chi connectivity index (χ3n) is 4.24. The zero-order valence-electron chi connectivity index (χ0n) is 12.7. The summed E-state index contributed by atoms with van der Waals surface area (Å²) in [6, 6.07) is 9.92. The number of nitrogens with zero attached hydrogens (tertiary/aromatic N) is 1. The molecule has 0 bridgehead atoms. The molecule has 0 radical (unpaired) electrons. The minimum absolute atomic E-state index is 0.492. The second kappa shape index (κ2) is 8.16. The Kier molecular flexibility index (Phi) is 6.53. The normalized spacial score (nSPS) is 19.1. The first-order chi connectivity index (χ1) is 9.72. The summed E-state index contributed by atoms with van der Waals surface area (Å²) in [4.78, 5) is 2.60. The summed E-state index contributed by atoms with van der Waals surface area (Å²) in [6.07, 6.45) is 4.99. The van der Waals surface area contributed by atoms with Crippen molar-refractivity contribution in [2.75, 3.05) is 19.6 Å². The number of halogens is 1. The summed E-state index contributed by atoms with van der Waals surface area (Å²) in [5.41, 5.74) is 1.41. The van der Waals surface area contributed by atoms with E-state index < -0.39 is 0 Å². The Hall–Kier alpha value is -0.380. The molecular formula is C17H27BrN2. The fourth-order valence-electron chi connectivity index (χ4n) is 3.07. The van der Waals surface area contributed by atoms with Gasteiger partial charge in [-0.25, -0.2) is 0 Å². The lowest BCUT2D eigenvalue weighted by molar-refractivity contribution is 0.190. The van der Waals surface area contributed by atoms with Gasteiger partial charge in [0, 0.05) is 16.6 Å². The van der Waals surface area contributed by atoms with Crippen LogP contribution in [0.1, 0.15) is 51.1 Å². The number of likely N-dealkylation sites (tertiary alicyclic amines) is 1. The van der Waals surface area contributed by atoms with Gasteiger partial charge in [-0.1, -0.05) is 41.9 Å². The van der Waals surface area contributed by atoms with Crippen LogP contribution in [0.3, 0.4) is 0 Å². The molecule has 1 aromatic carbocycles. The van der Waals surface area contributed by atoms with Crippen molar-refractivity contribution in [3.8, 4) is 0 Å². The van der Waals surface area contributed by atoms with Gasteiger partial charge in [-0.3, -0.25) is 0 Å². The summed E-state index contributed by atoms with van der Waals surface area (Å²) in [5.74, 6) is 0. The van der Waals surface area contributed by atoms with Gasteiger partial charge >= 0.3 is 0 Å². The van der Waals surface area contributed by atoms with Crippen LogP contribution in [-0.2, 0) is 0 Å². The number of nitrogens with one attached hydrogen (secondary N) is 1. The molecule has 3 heteroatoms. The van der Waals surface area contributed by atoms with Crippen LogP contribution in [0.5, 0.6) is 0 Å². The fourth-order valence-corrected chi connectivity index (χ4v) is 3.33. The Morgan fingerprint density at radius 2 is 1.85 bits per heavy atom. The van der Waals surface area contributed by atoms with Crippen molar-refractivity contribution in [3.05, 3.63) is 34.3 Å². The SMILES string of the molecule is CCCN1CCC(NC(CC)c2ccc(Br)cc2)CC1. The highest BCUT2D eigenvalue weighted by atomic mass is 79.9. The topological polar surface area (TPSA) is 15.3 Å². The van der Waals surface area contributed by atoms with E-state index in [0.717, 1.165) is 10.9 Å². The van der Waals surface area contributed by atoms with Crippen molar-refractivity contribution in [3.63, 3.8) is 0 Å². The fraction of sp³-hybridized carbons (Fsp3) is 0.647. The zero-order valence-corrected chi connectivity index (χ0v) is 14.3. The molecule has 1 N–H and O–H groups in total. The lowest BCUT2D eigenvalue weighted by Gasteiger charge is -2.34. The van der Waals surface area contributed by atoms with Crippen molar-refractivity contribution >= 4 is 15.9 Å². The standard InChI is InChI=1S/C17H27BrN2/c1-3-11-20-12-9-16(10-13-20)19-17(4-2)14-5-7-15(18)8-6-14/h5-8,16-17,19H,3-4,9-13H2,1-2H3. The van der Waals surface area contributed by atoms with Crippen LogP contribution >= 0.6 is 15.9 Å². The first-order valence-corrected chi connectivity index (χ1v) is 8.76. The Labute approximate surface area is 132 Å². The molecule has 2 nitrogen and oxygen atoms in total. The van der Waals surface area contributed by atoms with Gasteiger partial charge in [0.15, 0.2) is 0 Å². The lowest BCUT2D eigenvalue weighted by Crippen LogP contribution is -2.43. The smallest absolute Gasteiger partial charge is 0.0320 e. The summed E-state index contributed by atoms with van der Waals surface area (Å²) >= 11 is 3.51. The molecule has 1 heterocycles. The van der Waals surface area contributed by atoms with E-state index in [2.05, 4.69) is 64.3 Å². The van der Waals surface area contributed by atoms with Crippen molar-refractivity contribution in [2.45, 2.75) is 51.6 Å². The molecule has 1 atom stereocenters. The predicted molar refractivity (Wildman–Crippen MR) is 90.1 cm³/mol. The van der Waals surface area contributed by atoms with Crippen LogP contribution in [-0.4, -0.2) is 30.6 Å². The molecule has 1 saturated heterocycles. The third kappa shape index (κ3) is 4.57. The van der Waals surface area contributed by atoms with Crippen molar-refractivity contribution in [2.24, 2.45) is 0 Å². The molecule has 0 aromatic heterocycles. The molecule has 2 rings (SSSR count). The second-order valence-electron chi connectivity index (χ2n) is 5.79. The molecule has 1 aromatic rings. The number of hydrogen-bond acceptors (Lipinski definition) is 2. The summed E-state index contributed by atoms with van der Waals surface area (Å²) < 4.78 is 1.16. The molecule has 0 aliphatic carbocycles. The first-order valence-electron chi connectivity index (χ1n) is 7.96. The minimum Gasteiger partial charge on any atom is -0.307 e. The van der Waals surface area contributed by atoms with Gasteiger partial charge in [0.05, 0.1) is 0 Å². The van der Waals surface area contributed by atoms with Gasteiger partial charge in [0.25, 0.3) is 0 Å². The number of rotatable bonds is 6. The maximum atomic E-state index is 3.86.